The van der Waals surface area contributed by atoms with Crippen molar-refractivity contribution in [2.24, 2.45) is 0 Å². The summed E-state index contributed by atoms with van der Waals surface area (Å²) in [5.41, 5.74) is 0.697. The van der Waals surface area contributed by atoms with Crippen molar-refractivity contribution in [2.75, 3.05) is 26.7 Å². The number of aliphatic hydroxyl groups excluding tert-OH is 1. The lowest BCUT2D eigenvalue weighted by Crippen LogP contribution is -2.28. The Hall–Kier alpha value is -0.710. The van der Waals surface area contributed by atoms with Crippen molar-refractivity contribution < 1.29 is 9.90 Å². The number of carbonyl (C=O) groups is 1. The van der Waals surface area contributed by atoms with Crippen LogP contribution >= 0.6 is 15.9 Å². The summed E-state index contributed by atoms with van der Waals surface area (Å²) in [6.45, 7) is 0.925. The molecule has 0 heterocycles. The molecule has 15 heavy (non-hydrogen) atoms. The van der Waals surface area contributed by atoms with Gasteiger partial charge in [-0.25, -0.2) is 0 Å². The molecule has 0 aromatic heterocycles. The zero-order valence-electron chi connectivity index (χ0n) is 8.61. The van der Waals surface area contributed by atoms with Gasteiger partial charge in [0.15, 0.2) is 5.78 Å². The number of likely N-dealkylation sites (N-methyl/N-ethyl adjacent to an activating group) is 1. The van der Waals surface area contributed by atoms with E-state index in [2.05, 4.69) is 15.9 Å². The van der Waals surface area contributed by atoms with Gasteiger partial charge in [-0.1, -0.05) is 28.1 Å². The second-order valence-electron chi connectivity index (χ2n) is 3.39. The van der Waals surface area contributed by atoms with Gasteiger partial charge in [0.2, 0.25) is 0 Å². The first-order valence-corrected chi connectivity index (χ1v) is 5.51. The molecule has 0 atom stereocenters. The number of nitrogens with zero attached hydrogens (tertiary/aromatic N) is 1. The molecule has 0 saturated carbocycles. The molecule has 0 aliphatic rings. The van der Waals surface area contributed by atoms with Gasteiger partial charge in [0.05, 0.1) is 13.2 Å². The highest BCUT2D eigenvalue weighted by Crippen LogP contribution is 2.11. The number of hydrogen-bond acceptors (Lipinski definition) is 3. The van der Waals surface area contributed by atoms with Gasteiger partial charge in [0.1, 0.15) is 0 Å². The highest BCUT2D eigenvalue weighted by atomic mass is 79.9. The highest BCUT2D eigenvalue weighted by Gasteiger charge is 2.08. The van der Waals surface area contributed by atoms with Crippen LogP contribution in [0.5, 0.6) is 0 Å². The SMILES string of the molecule is CN(CCO)CC(=O)c1ccc(Br)cc1. The minimum atomic E-state index is 0.0680. The number of ketones is 1. The summed E-state index contributed by atoms with van der Waals surface area (Å²) in [6, 6.07) is 7.27. The average molecular weight is 272 g/mol. The van der Waals surface area contributed by atoms with Gasteiger partial charge in [-0.05, 0) is 19.2 Å². The number of halogens is 1. The number of rotatable bonds is 5. The van der Waals surface area contributed by atoms with Crippen LogP contribution in [-0.4, -0.2) is 42.5 Å². The molecule has 0 bridgehead atoms. The largest absolute Gasteiger partial charge is 0.395 e. The molecule has 1 rings (SSSR count). The van der Waals surface area contributed by atoms with Gasteiger partial charge in [0.25, 0.3) is 0 Å². The van der Waals surface area contributed by atoms with E-state index in [-0.39, 0.29) is 12.4 Å². The van der Waals surface area contributed by atoms with Crippen molar-refractivity contribution in [3.63, 3.8) is 0 Å². The van der Waals surface area contributed by atoms with Gasteiger partial charge in [-0.3, -0.25) is 9.69 Å². The third-order valence-corrected chi connectivity index (χ3v) is 2.59. The fourth-order valence-corrected chi connectivity index (χ4v) is 1.49. The fourth-order valence-electron chi connectivity index (χ4n) is 1.22. The van der Waals surface area contributed by atoms with E-state index in [4.69, 9.17) is 5.11 Å². The van der Waals surface area contributed by atoms with Crippen molar-refractivity contribution >= 4 is 21.7 Å². The van der Waals surface area contributed by atoms with E-state index in [9.17, 15) is 4.79 Å². The van der Waals surface area contributed by atoms with Gasteiger partial charge in [0, 0.05) is 16.6 Å². The smallest absolute Gasteiger partial charge is 0.176 e. The van der Waals surface area contributed by atoms with E-state index in [1.165, 1.54) is 0 Å². The van der Waals surface area contributed by atoms with E-state index in [1.54, 1.807) is 17.0 Å². The molecule has 1 aromatic rings. The zero-order chi connectivity index (χ0) is 11.3. The second kappa shape index (κ2) is 6.00. The second-order valence-corrected chi connectivity index (χ2v) is 4.31. The van der Waals surface area contributed by atoms with E-state index in [1.807, 2.05) is 19.2 Å². The normalized spacial score (nSPS) is 10.7. The monoisotopic (exact) mass is 271 g/mol. The molecule has 0 spiro atoms. The van der Waals surface area contributed by atoms with Crippen LogP contribution in [0, 0.1) is 0 Å². The molecule has 0 amide bonds. The van der Waals surface area contributed by atoms with Crippen molar-refractivity contribution in [2.45, 2.75) is 0 Å². The first kappa shape index (κ1) is 12.4. The molecule has 3 nitrogen and oxygen atoms in total. The minimum absolute atomic E-state index is 0.0680. The third kappa shape index (κ3) is 4.11. The molecule has 0 radical (unpaired) electrons. The molecule has 0 aliphatic carbocycles. The summed E-state index contributed by atoms with van der Waals surface area (Å²) in [7, 11) is 1.81. The fraction of sp³-hybridized carbons (Fsp3) is 0.364. The maximum absolute atomic E-state index is 11.7. The Labute approximate surface area is 97.8 Å². The summed E-state index contributed by atoms with van der Waals surface area (Å²) in [6.07, 6.45) is 0. The van der Waals surface area contributed by atoms with E-state index in [0.29, 0.717) is 18.7 Å². The number of Topliss-reactive ketones (excluding diaryl/α,β-unsaturated/α-hetero) is 1. The standard InChI is InChI=1S/C11H14BrNO2/c1-13(6-7-14)8-11(15)9-2-4-10(12)5-3-9/h2-5,14H,6-8H2,1H3. The quantitative estimate of drug-likeness (QED) is 0.827. The van der Waals surface area contributed by atoms with E-state index in [0.717, 1.165) is 4.47 Å². The topological polar surface area (TPSA) is 40.5 Å². The van der Waals surface area contributed by atoms with Crippen molar-refractivity contribution in [1.82, 2.24) is 4.90 Å². The van der Waals surface area contributed by atoms with Crippen LogP contribution in [-0.2, 0) is 0 Å². The van der Waals surface area contributed by atoms with Gasteiger partial charge in [-0.15, -0.1) is 0 Å². The van der Waals surface area contributed by atoms with Crippen LogP contribution in [0.15, 0.2) is 28.7 Å². The Morgan fingerprint density at radius 3 is 2.53 bits per heavy atom. The van der Waals surface area contributed by atoms with Gasteiger partial charge >= 0.3 is 0 Å². The van der Waals surface area contributed by atoms with Gasteiger partial charge < -0.3 is 5.11 Å². The van der Waals surface area contributed by atoms with Gasteiger partial charge in [-0.2, -0.15) is 0 Å². The molecular weight excluding hydrogens is 258 g/mol. The molecule has 1 aromatic carbocycles. The number of hydrogen-bond donors (Lipinski definition) is 1. The minimum Gasteiger partial charge on any atom is -0.395 e. The molecule has 0 fully saturated rings. The number of benzene rings is 1. The average Bonchev–Trinajstić information content (AvgIpc) is 2.18. The highest BCUT2D eigenvalue weighted by molar-refractivity contribution is 9.10. The summed E-state index contributed by atoms with van der Waals surface area (Å²) >= 11 is 3.32. The first-order valence-electron chi connectivity index (χ1n) is 4.71. The van der Waals surface area contributed by atoms with Crippen LogP contribution in [0.1, 0.15) is 10.4 Å². The predicted molar refractivity (Wildman–Crippen MR) is 63.1 cm³/mol. The van der Waals surface area contributed by atoms with Crippen LogP contribution in [0.2, 0.25) is 0 Å². The van der Waals surface area contributed by atoms with Crippen molar-refractivity contribution in [1.29, 1.82) is 0 Å². The Bertz CT molecular complexity index is 324. The lowest BCUT2D eigenvalue weighted by molar-refractivity contribution is 0.0936. The summed E-state index contributed by atoms with van der Waals surface area (Å²) in [5, 5.41) is 8.70. The Morgan fingerprint density at radius 1 is 1.40 bits per heavy atom. The van der Waals surface area contributed by atoms with Crippen LogP contribution in [0.4, 0.5) is 0 Å². The number of aliphatic hydroxyl groups is 1. The molecule has 82 valence electrons. The summed E-state index contributed by atoms with van der Waals surface area (Å²) in [4.78, 5) is 13.5. The molecule has 0 unspecified atom stereocenters. The molecule has 1 N–H and O–H groups in total. The predicted octanol–water partition coefficient (Wildman–Crippen LogP) is 1.56. The number of carbonyl (C=O) groups excluding carboxylic acids is 1. The molecular formula is C11H14BrNO2. The summed E-state index contributed by atoms with van der Waals surface area (Å²) in [5.74, 6) is 0.0680. The van der Waals surface area contributed by atoms with E-state index < -0.39 is 0 Å². The van der Waals surface area contributed by atoms with Crippen molar-refractivity contribution in [3.8, 4) is 0 Å². The maximum Gasteiger partial charge on any atom is 0.176 e. The lowest BCUT2D eigenvalue weighted by Gasteiger charge is -2.13. The zero-order valence-corrected chi connectivity index (χ0v) is 10.2. The Kier molecular flexibility index (Phi) is 4.94. The van der Waals surface area contributed by atoms with E-state index >= 15 is 0 Å². The third-order valence-electron chi connectivity index (χ3n) is 2.06. The van der Waals surface area contributed by atoms with Crippen LogP contribution in [0.3, 0.4) is 0 Å². The molecule has 0 aliphatic heterocycles. The molecule has 0 saturated heterocycles. The maximum atomic E-state index is 11.7. The Morgan fingerprint density at radius 2 is 2.00 bits per heavy atom. The first-order chi connectivity index (χ1) is 7.13. The Balaban J connectivity index is 2.57. The van der Waals surface area contributed by atoms with Crippen molar-refractivity contribution in [3.05, 3.63) is 34.3 Å². The summed E-state index contributed by atoms with van der Waals surface area (Å²) < 4.78 is 0.961. The van der Waals surface area contributed by atoms with Crippen LogP contribution < -0.4 is 0 Å². The molecule has 4 heteroatoms. The van der Waals surface area contributed by atoms with Crippen LogP contribution in [0.25, 0.3) is 0 Å². The lowest BCUT2D eigenvalue weighted by atomic mass is 10.1.